The third kappa shape index (κ3) is 6.48. The van der Waals surface area contributed by atoms with Crippen molar-refractivity contribution >= 4 is 11.1 Å². The Morgan fingerprint density at radius 2 is 1.26 bits per heavy atom. The molecule has 0 aliphatic heterocycles. The zero-order chi connectivity index (χ0) is 22.3. The van der Waals surface area contributed by atoms with Crippen LogP contribution < -0.4 is 0 Å². The van der Waals surface area contributed by atoms with Crippen LogP contribution in [-0.2, 0) is 6.18 Å². The van der Waals surface area contributed by atoms with Crippen molar-refractivity contribution in [1.82, 2.24) is 0 Å². The maximum atomic E-state index is 12.9. The van der Waals surface area contributed by atoms with Gasteiger partial charge in [-0.3, -0.25) is 0 Å². The summed E-state index contributed by atoms with van der Waals surface area (Å²) in [6.07, 6.45) is 7.87. The normalized spacial score (nSPS) is 15.5. The second-order valence-corrected chi connectivity index (χ2v) is 8.97. The van der Waals surface area contributed by atoms with E-state index < -0.39 is 11.7 Å². The molecule has 1 aliphatic rings. The van der Waals surface area contributed by atoms with Crippen molar-refractivity contribution < 1.29 is 13.2 Å². The first-order valence-corrected chi connectivity index (χ1v) is 11.9. The molecule has 1 unspecified atom stereocenters. The van der Waals surface area contributed by atoms with Crippen LogP contribution in [0.3, 0.4) is 0 Å². The second kappa shape index (κ2) is 11.0. The lowest BCUT2D eigenvalue weighted by molar-refractivity contribution is -0.137. The van der Waals surface area contributed by atoms with Gasteiger partial charge in [0.05, 0.1) is 5.56 Å². The van der Waals surface area contributed by atoms with Crippen molar-refractivity contribution in [3.8, 4) is 0 Å². The van der Waals surface area contributed by atoms with Crippen molar-refractivity contribution in [3.63, 3.8) is 0 Å². The molecule has 2 aromatic carbocycles. The van der Waals surface area contributed by atoms with E-state index in [1.807, 2.05) is 0 Å². The van der Waals surface area contributed by atoms with Crippen LogP contribution >= 0.6 is 0 Å². The fourth-order valence-electron chi connectivity index (χ4n) is 4.65. The number of hydrogen-bond donors (Lipinski definition) is 0. The average molecular weight is 429 g/mol. The van der Waals surface area contributed by atoms with E-state index in [1.54, 1.807) is 12.1 Å². The average Bonchev–Trinajstić information content (AvgIpc) is 3.25. The molecule has 0 N–H and O–H groups in total. The molecule has 1 atom stereocenters. The molecule has 3 rings (SSSR count). The summed E-state index contributed by atoms with van der Waals surface area (Å²) in [5.41, 5.74) is 5.41. The van der Waals surface area contributed by atoms with Crippen LogP contribution in [0.15, 0.2) is 48.5 Å². The topological polar surface area (TPSA) is 0 Å². The van der Waals surface area contributed by atoms with Gasteiger partial charge in [-0.2, -0.15) is 13.2 Å². The maximum absolute atomic E-state index is 12.9. The standard InChI is InChI=1S/C28H35F3/c1-3-4-5-6-7-8-10-21(2)22-13-15-23(16-14-22)26-11-9-12-27(26)24-17-19-25(20-18-24)28(29,30)31/h13-21H,3-12H2,1-2H3. The number of unbranched alkanes of at least 4 members (excludes halogenated alkanes) is 5. The monoisotopic (exact) mass is 428 g/mol. The molecule has 0 saturated carbocycles. The number of rotatable bonds is 10. The molecule has 0 heterocycles. The number of hydrogen-bond acceptors (Lipinski definition) is 0. The molecule has 0 bridgehead atoms. The first-order chi connectivity index (χ1) is 14.9. The summed E-state index contributed by atoms with van der Waals surface area (Å²) in [5, 5.41) is 0. The van der Waals surface area contributed by atoms with Gasteiger partial charge in [0.1, 0.15) is 0 Å². The largest absolute Gasteiger partial charge is 0.416 e. The van der Waals surface area contributed by atoms with Gasteiger partial charge < -0.3 is 0 Å². The lowest BCUT2D eigenvalue weighted by Crippen LogP contribution is -2.04. The van der Waals surface area contributed by atoms with Crippen molar-refractivity contribution in [2.75, 3.05) is 0 Å². The van der Waals surface area contributed by atoms with Gasteiger partial charge in [0, 0.05) is 0 Å². The van der Waals surface area contributed by atoms with Crippen LogP contribution in [0, 0.1) is 0 Å². The van der Waals surface area contributed by atoms with E-state index in [9.17, 15) is 13.2 Å². The molecule has 0 aromatic heterocycles. The van der Waals surface area contributed by atoms with E-state index in [0.29, 0.717) is 5.92 Å². The number of benzene rings is 2. The van der Waals surface area contributed by atoms with Gasteiger partial charge in [0.15, 0.2) is 0 Å². The lowest BCUT2D eigenvalue weighted by Gasteiger charge is -2.14. The Bertz CT molecular complexity index is 841. The maximum Gasteiger partial charge on any atom is 0.416 e. The highest BCUT2D eigenvalue weighted by Crippen LogP contribution is 2.41. The van der Waals surface area contributed by atoms with Crippen molar-refractivity contribution in [2.24, 2.45) is 0 Å². The Kier molecular flexibility index (Phi) is 8.40. The lowest BCUT2D eigenvalue weighted by atomic mass is 9.91. The van der Waals surface area contributed by atoms with E-state index in [-0.39, 0.29) is 0 Å². The van der Waals surface area contributed by atoms with Crippen LogP contribution in [0.1, 0.15) is 106 Å². The second-order valence-electron chi connectivity index (χ2n) is 8.97. The van der Waals surface area contributed by atoms with Crippen LogP contribution in [0.2, 0.25) is 0 Å². The zero-order valence-electron chi connectivity index (χ0n) is 18.9. The predicted octanol–water partition coefficient (Wildman–Crippen LogP) is 9.65. The summed E-state index contributed by atoms with van der Waals surface area (Å²) >= 11 is 0. The SMILES string of the molecule is CCCCCCCCC(C)c1ccc(C2=C(c3ccc(C(F)(F)F)cc3)CCC2)cc1. The number of halogens is 3. The Labute approximate surface area is 185 Å². The van der Waals surface area contributed by atoms with Gasteiger partial charge in [-0.25, -0.2) is 0 Å². The van der Waals surface area contributed by atoms with Crippen LogP contribution in [0.5, 0.6) is 0 Å². The van der Waals surface area contributed by atoms with Crippen LogP contribution in [-0.4, -0.2) is 0 Å². The summed E-state index contributed by atoms with van der Waals surface area (Å²) in [7, 11) is 0. The van der Waals surface area contributed by atoms with Gasteiger partial charge in [-0.05, 0) is 71.6 Å². The fraction of sp³-hybridized carbons (Fsp3) is 0.500. The smallest absolute Gasteiger partial charge is 0.166 e. The Morgan fingerprint density at radius 3 is 1.81 bits per heavy atom. The van der Waals surface area contributed by atoms with Crippen LogP contribution in [0.25, 0.3) is 11.1 Å². The highest BCUT2D eigenvalue weighted by Gasteiger charge is 2.30. The molecule has 1 aliphatic carbocycles. The molecule has 0 saturated heterocycles. The molecule has 0 amide bonds. The minimum atomic E-state index is -4.28. The van der Waals surface area contributed by atoms with E-state index in [4.69, 9.17) is 0 Å². The Balaban J connectivity index is 1.65. The van der Waals surface area contributed by atoms with E-state index >= 15 is 0 Å². The minimum absolute atomic E-state index is 0.562. The highest BCUT2D eigenvalue weighted by atomic mass is 19.4. The summed E-state index contributed by atoms with van der Waals surface area (Å²) in [6, 6.07) is 14.5. The molecule has 3 heteroatoms. The molecular weight excluding hydrogens is 393 g/mol. The third-order valence-corrected chi connectivity index (χ3v) is 6.60. The van der Waals surface area contributed by atoms with Gasteiger partial charge in [-0.1, -0.05) is 88.8 Å². The van der Waals surface area contributed by atoms with Crippen molar-refractivity contribution in [1.29, 1.82) is 0 Å². The van der Waals surface area contributed by atoms with E-state index in [1.165, 1.54) is 79.4 Å². The molecule has 168 valence electrons. The van der Waals surface area contributed by atoms with Crippen molar-refractivity contribution in [2.45, 2.75) is 90.1 Å². The Morgan fingerprint density at radius 1 is 0.742 bits per heavy atom. The van der Waals surface area contributed by atoms with Gasteiger partial charge >= 0.3 is 6.18 Å². The highest BCUT2D eigenvalue weighted by molar-refractivity contribution is 5.92. The molecule has 0 spiro atoms. The number of alkyl halides is 3. The molecule has 2 aromatic rings. The van der Waals surface area contributed by atoms with Gasteiger partial charge in [0.2, 0.25) is 0 Å². The summed E-state index contributed by atoms with van der Waals surface area (Å²) < 4.78 is 38.6. The minimum Gasteiger partial charge on any atom is -0.166 e. The van der Waals surface area contributed by atoms with Gasteiger partial charge in [-0.15, -0.1) is 0 Å². The summed E-state index contributed by atoms with van der Waals surface area (Å²) in [4.78, 5) is 0. The van der Waals surface area contributed by atoms with E-state index in [0.717, 1.165) is 24.8 Å². The molecular formula is C28H35F3. The zero-order valence-corrected chi connectivity index (χ0v) is 18.9. The van der Waals surface area contributed by atoms with Crippen molar-refractivity contribution in [3.05, 3.63) is 70.8 Å². The summed E-state index contributed by atoms with van der Waals surface area (Å²) in [5.74, 6) is 0.562. The molecule has 31 heavy (non-hydrogen) atoms. The molecule has 0 fully saturated rings. The molecule has 0 nitrogen and oxygen atoms in total. The first kappa shape index (κ1) is 23.6. The van der Waals surface area contributed by atoms with E-state index in [2.05, 4.69) is 38.1 Å². The van der Waals surface area contributed by atoms with Crippen LogP contribution in [0.4, 0.5) is 13.2 Å². The number of allylic oxidation sites excluding steroid dienone is 2. The predicted molar refractivity (Wildman–Crippen MR) is 125 cm³/mol. The first-order valence-electron chi connectivity index (χ1n) is 11.9. The fourth-order valence-corrected chi connectivity index (χ4v) is 4.65. The summed E-state index contributed by atoms with van der Waals surface area (Å²) in [6.45, 7) is 4.56. The third-order valence-electron chi connectivity index (χ3n) is 6.60. The quantitative estimate of drug-likeness (QED) is 0.330. The molecule has 0 radical (unpaired) electrons. The Hall–Kier alpha value is -2.03. The van der Waals surface area contributed by atoms with Gasteiger partial charge in [0.25, 0.3) is 0 Å².